The van der Waals surface area contributed by atoms with Crippen LogP contribution in [0, 0.1) is 12.7 Å². The summed E-state index contributed by atoms with van der Waals surface area (Å²) in [6.45, 7) is 1.85. The molecule has 7 heteroatoms. The minimum absolute atomic E-state index is 0.0594. The molecule has 1 aliphatic heterocycles. The molecule has 0 aromatic heterocycles. The topological polar surface area (TPSA) is 80.7 Å². The summed E-state index contributed by atoms with van der Waals surface area (Å²) in [6.07, 6.45) is 2.01. The van der Waals surface area contributed by atoms with Crippen LogP contribution in [-0.2, 0) is 14.6 Å². The van der Waals surface area contributed by atoms with Crippen molar-refractivity contribution in [3.8, 4) is 0 Å². The Bertz CT molecular complexity index is 648. The van der Waals surface area contributed by atoms with Gasteiger partial charge in [-0.2, -0.15) is 0 Å². The second-order valence-corrected chi connectivity index (χ2v) is 7.16. The molecular weight excluding hydrogens is 299 g/mol. The molecule has 5 nitrogen and oxygen atoms in total. The van der Waals surface area contributed by atoms with Crippen LogP contribution < -0.4 is 0 Å². The second kappa shape index (κ2) is 6.11. The number of rotatable bonds is 4. The van der Waals surface area contributed by atoms with E-state index in [-0.39, 0.29) is 21.8 Å². The monoisotopic (exact) mass is 316 g/mol. The molecular formula is C14H17FO5S. The highest BCUT2D eigenvalue weighted by atomic mass is 32.2. The van der Waals surface area contributed by atoms with Gasteiger partial charge in [0.1, 0.15) is 5.82 Å². The van der Waals surface area contributed by atoms with E-state index in [2.05, 4.69) is 0 Å². The predicted molar refractivity (Wildman–Crippen MR) is 73.7 cm³/mol. The molecule has 0 saturated carbocycles. The third kappa shape index (κ3) is 3.59. The summed E-state index contributed by atoms with van der Waals surface area (Å²) in [4.78, 5) is 10.7. The van der Waals surface area contributed by atoms with E-state index in [4.69, 9.17) is 9.84 Å². The van der Waals surface area contributed by atoms with E-state index >= 15 is 0 Å². The molecule has 1 aliphatic rings. The summed E-state index contributed by atoms with van der Waals surface area (Å²) >= 11 is 0. The third-order valence-corrected chi connectivity index (χ3v) is 5.46. The Balaban J connectivity index is 2.36. The molecule has 0 aliphatic carbocycles. The summed E-state index contributed by atoms with van der Waals surface area (Å²) in [5.74, 6) is -2.45. The molecule has 1 heterocycles. The summed E-state index contributed by atoms with van der Waals surface area (Å²) in [7, 11) is -3.80. The molecule has 1 atom stereocenters. The normalized spacial score (nSPS) is 19.4. The van der Waals surface area contributed by atoms with E-state index in [1.54, 1.807) is 0 Å². The van der Waals surface area contributed by atoms with Gasteiger partial charge in [0, 0.05) is 12.2 Å². The van der Waals surface area contributed by atoms with Gasteiger partial charge in [-0.25, -0.2) is 17.6 Å². The van der Waals surface area contributed by atoms with Gasteiger partial charge in [-0.1, -0.05) is 0 Å². The fraction of sp³-hybridized carbons (Fsp3) is 0.500. The van der Waals surface area contributed by atoms with Crippen molar-refractivity contribution in [1.82, 2.24) is 0 Å². The molecule has 1 fully saturated rings. The van der Waals surface area contributed by atoms with E-state index in [0.717, 1.165) is 25.0 Å². The van der Waals surface area contributed by atoms with E-state index in [1.807, 2.05) is 0 Å². The first-order chi connectivity index (χ1) is 9.81. The average Bonchev–Trinajstić information content (AvgIpc) is 2.41. The molecule has 0 amide bonds. The first-order valence-electron chi connectivity index (χ1n) is 6.69. The average molecular weight is 316 g/mol. The van der Waals surface area contributed by atoms with Crippen molar-refractivity contribution in [1.29, 1.82) is 0 Å². The largest absolute Gasteiger partial charge is 0.478 e. The van der Waals surface area contributed by atoms with Crippen LogP contribution in [0.5, 0.6) is 0 Å². The first kappa shape index (κ1) is 15.9. The molecule has 0 radical (unpaired) electrons. The van der Waals surface area contributed by atoms with Crippen molar-refractivity contribution >= 4 is 15.8 Å². The fourth-order valence-corrected chi connectivity index (χ4v) is 4.18. The lowest BCUT2D eigenvalue weighted by molar-refractivity contribution is 0.0305. The highest BCUT2D eigenvalue weighted by Crippen LogP contribution is 2.24. The van der Waals surface area contributed by atoms with Gasteiger partial charge in [0.25, 0.3) is 0 Å². The van der Waals surface area contributed by atoms with Crippen LogP contribution in [0.1, 0.15) is 35.2 Å². The molecule has 0 bridgehead atoms. The summed E-state index contributed by atoms with van der Waals surface area (Å²) in [5.41, 5.74) is -0.433. The second-order valence-electron chi connectivity index (χ2n) is 5.16. The standard InChI is InChI=1S/C14H17FO5S/c1-9-12(15)6-10(14(16)17)7-13(9)21(18,19)8-11-4-2-3-5-20-11/h6-7,11H,2-5,8H2,1H3,(H,16,17). The minimum Gasteiger partial charge on any atom is -0.478 e. The number of hydrogen-bond donors (Lipinski definition) is 1. The van der Waals surface area contributed by atoms with Crippen LogP contribution in [0.15, 0.2) is 17.0 Å². The maximum Gasteiger partial charge on any atom is 0.335 e. The number of hydrogen-bond acceptors (Lipinski definition) is 4. The summed E-state index contributed by atoms with van der Waals surface area (Å²) in [5, 5.41) is 8.93. The molecule has 116 valence electrons. The van der Waals surface area contributed by atoms with Crippen LogP contribution in [0.4, 0.5) is 4.39 Å². The van der Waals surface area contributed by atoms with Crippen LogP contribution in [0.25, 0.3) is 0 Å². The number of aromatic carboxylic acids is 1. The van der Waals surface area contributed by atoms with Crippen molar-refractivity contribution in [2.75, 3.05) is 12.4 Å². The van der Waals surface area contributed by atoms with Gasteiger partial charge in [-0.3, -0.25) is 0 Å². The number of carboxylic acids is 1. The van der Waals surface area contributed by atoms with Crippen molar-refractivity contribution < 1.29 is 27.4 Å². The Morgan fingerprint density at radius 1 is 1.43 bits per heavy atom. The smallest absolute Gasteiger partial charge is 0.335 e. The van der Waals surface area contributed by atoms with Crippen LogP contribution in [-0.4, -0.2) is 38.0 Å². The van der Waals surface area contributed by atoms with Crippen molar-refractivity contribution in [2.45, 2.75) is 37.2 Å². The Hall–Kier alpha value is -1.47. The van der Waals surface area contributed by atoms with E-state index in [9.17, 15) is 17.6 Å². The third-order valence-electron chi connectivity index (χ3n) is 3.56. The number of carboxylic acid groups (broad SMARTS) is 1. The highest BCUT2D eigenvalue weighted by Gasteiger charge is 2.27. The maximum atomic E-state index is 13.7. The quantitative estimate of drug-likeness (QED) is 0.921. The number of sulfone groups is 1. The van der Waals surface area contributed by atoms with Crippen molar-refractivity contribution in [2.24, 2.45) is 0 Å². The number of ether oxygens (including phenoxy) is 1. The lowest BCUT2D eigenvalue weighted by atomic mass is 10.1. The summed E-state index contributed by atoms with van der Waals surface area (Å²) < 4.78 is 44.0. The summed E-state index contributed by atoms with van der Waals surface area (Å²) in [6, 6.07) is 1.84. The van der Waals surface area contributed by atoms with Crippen LogP contribution in [0.3, 0.4) is 0 Å². The molecule has 21 heavy (non-hydrogen) atoms. The maximum absolute atomic E-state index is 13.7. The fourth-order valence-electron chi connectivity index (χ4n) is 2.37. The molecule has 0 spiro atoms. The Kier molecular flexibility index (Phi) is 4.63. The number of benzene rings is 1. The van der Waals surface area contributed by atoms with Gasteiger partial charge < -0.3 is 9.84 Å². The molecule has 2 rings (SSSR count). The zero-order valence-corrected chi connectivity index (χ0v) is 12.5. The predicted octanol–water partition coefficient (Wildman–Crippen LogP) is 2.18. The SMILES string of the molecule is Cc1c(F)cc(C(=O)O)cc1S(=O)(=O)CC1CCCCO1. The Labute approximate surface area is 122 Å². The van der Waals surface area contributed by atoms with Gasteiger partial charge in [-0.05, 0) is 38.3 Å². The molecule has 1 saturated heterocycles. The van der Waals surface area contributed by atoms with Crippen molar-refractivity contribution in [3.05, 3.63) is 29.1 Å². The molecule has 1 unspecified atom stereocenters. The van der Waals surface area contributed by atoms with Gasteiger partial charge in [0.05, 0.1) is 22.3 Å². The lowest BCUT2D eigenvalue weighted by Crippen LogP contribution is -2.28. The first-order valence-corrected chi connectivity index (χ1v) is 8.34. The molecule has 1 aromatic carbocycles. The van der Waals surface area contributed by atoms with Crippen LogP contribution in [0.2, 0.25) is 0 Å². The Morgan fingerprint density at radius 3 is 2.71 bits per heavy atom. The number of halogens is 1. The zero-order chi connectivity index (χ0) is 15.6. The van der Waals surface area contributed by atoms with Gasteiger partial charge in [0.2, 0.25) is 0 Å². The lowest BCUT2D eigenvalue weighted by Gasteiger charge is -2.22. The molecule has 1 aromatic rings. The van der Waals surface area contributed by atoms with E-state index in [1.165, 1.54) is 6.92 Å². The minimum atomic E-state index is -3.80. The van der Waals surface area contributed by atoms with Gasteiger partial charge in [0.15, 0.2) is 9.84 Å². The van der Waals surface area contributed by atoms with Gasteiger partial charge >= 0.3 is 5.97 Å². The molecule has 1 N–H and O–H groups in total. The highest BCUT2D eigenvalue weighted by molar-refractivity contribution is 7.91. The van der Waals surface area contributed by atoms with Crippen LogP contribution >= 0.6 is 0 Å². The van der Waals surface area contributed by atoms with E-state index < -0.39 is 27.7 Å². The number of carbonyl (C=O) groups is 1. The zero-order valence-electron chi connectivity index (χ0n) is 11.6. The Morgan fingerprint density at radius 2 is 2.14 bits per heavy atom. The van der Waals surface area contributed by atoms with E-state index in [0.29, 0.717) is 13.0 Å². The van der Waals surface area contributed by atoms with Crippen molar-refractivity contribution in [3.63, 3.8) is 0 Å². The van der Waals surface area contributed by atoms with Gasteiger partial charge in [-0.15, -0.1) is 0 Å².